The van der Waals surface area contributed by atoms with Crippen molar-refractivity contribution in [2.24, 2.45) is 5.73 Å². The molecular weight excluding hydrogens is 237 g/mol. The normalized spacial score (nSPS) is 22.6. The Morgan fingerprint density at radius 1 is 1.05 bits per heavy atom. The van der Waals surface area contributed by atoms with E-state index in [-0.39, 0.29) is 17.1 Å². The summed E-state index contributed by atoms with van der Waals surface area (Å²) in [6.45, 7) is 12.3. The van der Waals surface area contributed by atoms with Crippen molar-refractivity contribution in [2.45, 2.75) is 58.7 Å². The van der Waals surface area contributed by atoms with Gasteiger partial charge in [-0.3, -0.25) is 0 Å². The lowest BCUT2D eigenvalue weighted by atomic mass is 9.73. The Balaban J connectivity index is 2.24. The molecule has 0 bridgehead atoms. The Labute approximate surface area is 116 Å². The van der Waals surface area contributed by atoms with Crippen molar-refractivity contribution in [3.63, 3.8) is 0 Å². The molecule has 2 N–H and O–H groups in total. The summed E-state index contributed by atoms with van der Waals surface area (Å²) in [5.41, 5.74) is 9.17. The first-order chi connectivity index (χ1) is 8.64. The van der Waals surface area contributed by atoms with E-state index in [0.717, 1.165) is 5.56 Å². The summed E-state index contributed by atoms with van der Waals surface area (Å²) in [5, 5.41) is 0. The van der Waals surface area contributed by atoms with Crippen LogP contribution in [0.15, 0.2) is 18.2 Å². The van der Waals surface area contributed by atoms with Crippen molar-refractivity contribution >= 4 is 7.12 Å². The van der Waals surface area contributed by atoms with E-state index in [1.54, 1.807) is 0 Å². The maximum Gasteiger partial charge on any atom is 0.480 e. The van der Waals surface area contributed by atoms with Gasteiger partial charge in [0, 0.05) is 0 Å². The quantitative estimate of drug-likeness (QED) is 0.832. The van der Waals surface area contributed by atoms with Gasteiger partial charge in [0.25, 0.3) is 0 Å². The average Bonchev–Trinajstić information content (AvgIpc) is 2.47. The van der Waals surface area contributed by atoms with Gasteiger partial charge in [-0.05, 0) is 52.7 Å². The summed E-state index contributed by atoms with van der Waals surface area (Å²) in [7, 11) is -0.397. The topological polar surface area (TPSA) is 44.5 Å². The molecule has 0 aromatic heterocycles. The summed E-state index contributed by atoms with van der Waals surface area (Å²) in [6.07, 6.45) is 0. The van der Waals surface area contributed by atoms with Gasteiger partial charge in [0.05, 0.1) is 17.1 Å². The van der Waals surface area contributed by atoms with Crippen LogP contribution in [0, 0.1) is 13.8 Å². The molecule has 0 radical (unpaired) electrons. The SMILES string of the molecule is Cc1ccc([C@@H](N)B2OC(C)(C)C(C)(C)O2)c(C)c1. The fourth-order valence-corrected chi connectivity index (χ4v) is 2.38. The van der Waals surface area contributed by atoms with Gasteiger partial charge >= 0.3 is 7.12 Å². The first-order valence-electron chi connectivity index (χ1n) is 6.82. The molecule has 1 saturated heterocycles. The third-order valence-corrected chi connectivity index (χ3v) is 4.35. The highest BCUT2D eigenvalue weighted by Crippen LogP contribution is 2.39. The number of rotatable bonds is 2. The van der Waals surface area contributed by atoms with Crippen LogP contribution in [0.2, 0.25) is 0 Å². The van der Waals surface area contributed by atoms with Gasteiger partial charge in [0.2, 0.25) is 0 Å². The van der Waals surface area contributed by atoms with Crippen molar-refractivity contribution in [3.05, 3.63) is 34.9 Å². The Hall–Kier alpha value is -0.835. The van der Waals surface area contributed by atoms with Crippen LogP contribution >= 0.6 is 0 Å². The molecule has 1 aromatic rings. The second-order valence-electron chi connectivity index (χ2n) is 6.51. The van der Waals surface area contributed by atoms with E-state index >= 15 is 0 Å². The van der Waals surface area contributed by atoms with Gasteiger partial charge < -0.3 is 15.0 Å². The van der Waals surface area contributed by atoms with Crippen LogP contribution in [0.3, 0.4) is 0 Å². The minimum Gasteiger partial charge on any atom is -0.402 e. The van der Waals surface area contributed by atoms with Crippen LogP contribution < -0.4 is 5.73 Å². The lowest BCUT2D eigenvalue weighted by molar-refractivity contribution is 0.00578. The van der Waals surface area contributed by atoms with Crippen molar-refractivity contribution in [2.75, 3.05) is 0 Å². The Kier molecular flexibility index (Phi) is 3.54. The molecule has 0 aliphatic carbocycles. The zero-order valence-corrected chi connectivity index (χ0v) is 12.8. The zero-order valence-electron chi connectivity index (χ0n) is 12.8. The van der Waals surface area contributed by atoms with Crippen molar-refractivity contribution < 1.29 is 9.31 Å². The molecule has 0 saturated carbocycles. The van der Waals surface area contributed by atoms with Crippen molar-refractivity contribution in [3.8, 4) is 0 Å². The first kappa shape index (κ1) is 14.6. The number of hydrogen-bond acceptors (Lipinski definition) is 3. The monoisotopic (exact) mass is 261 g/mol. The van der Waals surface area contributed by atoms with Gasteiger partial charge in [-0.1, -0.05) is 23.8 Å². The third kappa shape index (κ3) is 2.57. The lowest BCUT2D eigenvalue weighted by Gasteiger charge is -2.32. The second-order valence-corrected chi connectivity index (χ2v) is 6.51. The lowest BCUT2D eigenvalue weighted by Crippen LogP contribution is -2.41. The summed E-state index contributed by atoms with van der Waals surface area (Å²) in [4.78, 5) is 0. The highest BCUT2D eigenvalue weighted by atomic mass is 16.7. The number of nitrogens with two attached hydrogens (primary N) is 1. The van der Waals surface area contributed by atoms with Gasteiger partial charge in [0.15, 0.2) is 0 Å². The molecule has 1 aliphatic heterocycles. The molecule has 1 aromatic carbocycles. The van der Waals surface area contributed by atoms with E-state index in [4.69, 9.17) is 15.0 Å². The van der Waals surface area contributed by atoms with E-state index in [1.165, 1.54) is 11.1 Å². The number of hydrogen-bond donors (Lipinski definition) is 1. The van der Waals surface area contributed by atoms with E-state index in [9.17, 15) is 0 Å². The predicted octanol–water partition coefficient (Wildman–Crippen LogP) is 2.93. The van der Waals surface area contributed by atoms with Crippen molar-refractivity contribution in [1.82, 2.24) is 0 Å². The van der Waals surface area contributed by atoms with Crippen LogP contribution in [0.5, 0.6) is 0 Å². The van der Waals surface area contributed by atoms with E-state index in [0.29, 0.717) is 0 Å². The van der Waals surface area contributed by atoms with Gasteiger partial charge in [-0.15, -0.1) is 0 Å². The van der Waals surface area contributed by atoms with Gasteiger partial charge in [-0.2, -0.15) is 0 Å². The Morgan fingerprint density at radius 2 is 1.58 bits per heavy atom. The maximum absolute atomic E-state index is 6.34. The summed E-state index contributed by atoms with van der Waals surface area (Å²) >= 11 is 0. The maximum atomic E-state index is 6.34. The molecule has 0 amide bonds. The third-order valence-electron chi connectivity index (χ3n) is 4.35. The van der Waals surface area contributed by atoms with E-state index < -0.39 is 7.12 Å². The summed E-state index contributed by atoms with van der Waals surface area (Å²) < 4.78 is 12.0. The molecule has 1 fully saturated rings. The van der Waals surface area contributed by atoms with Gasteiger partial charge in [-0.25, -0.2) is 0 Å². The smallest absolute Gasteiger partial charge is 0.402 e. The van der Waals surface area contributed by atoms with Crippen molar-refractivity contribution in [1.29, 1.82) is 0 Å². The van der Waals surface area contributed by atoms with E-state index in [1.807, 2.05) is 27.7 Å². The molecule has 2 rings (SSSR count). The molecule has 1 heterocycles. The fourth-order valence-electron chi connectivity index (χ4n) is 2.38. The molecular formula is C15H24BNO2. The highest BCUT2D eigenvalue weighted by Gasteiger charge is 2.53. The Bertz CT molecular complexity index is 469. The van der Waals surface area contributed by atoms with Crippen LogP contribution in [-0.4, -0.2) is 18.3 Å². The molecule has 1 aliphatic rings. The van der Waals surface area contributed by atoms with Crippen LogP contribution in [0.25, 0.3) is 0 Å². The predicted molar refractivity (Wildman–Crippen MR) is 78.9 cm³/mol. The number of aryl methyl sites for hydroxylation is 2. The summed E-state index contributed by atoms with van der Waals surface area (Å²) in [5.74, 6) is -0.262. The van der Waals surface area contributed by atoms with Gasteiger partial charge in [0.1, 0.15) is 0 Å². The molecule has 4 heteroatoms. The van der Waals surface area contributed by atoms with Crippen LogP contribution in [-0.2, 0) is 9.31 Å². The molecule has 1 atom stereocenters. The minimum absolute atomic E-state index is 0.262. The van der Waals surface area contributed by atoms with E-state index in [2.05, 4.69) is 32.0 Å². The highest BCUT2D eigenvalue weighted by molar-refractivity contribution is 6.47. The fraction of sp³-hybridized carbons (Fsp3) is 0.600. The standard InChI is InChI=1S/C15H24BNO2/c1-10-7-8-12(11(2)9-10)13(17)16-18-14(3,4)15(5,6)19-16/h7-9,13H,17H2,1-6H3/t13-/m1/s1. The molecule has 104 valence electrons. The number of benzene rings is 1. The second kappa shape index (κ2) is 4.62. The van der Waals surface area contributed by atoms with Crippen LogP contribution in [0.1, 0.15) is 50.3 Å². The first-order valence-corrected chi connectivity index (χ1v) is 6.82. The molecule has 0 unspecified atom stereocenters. The van der Waals surface area contributed by atoms with Crippen LogP contribution in [0.4, 0.5) is 0 Å². The molecule has 0 spiro atoms. The zero-order chi connectivity index (χ0) is 14.4. The largest absolute Gasteiger partial charge is 0.480 e. The molecule has 3 nitrogen and oxygen atoms in total. The average molecular weight is 261 g/mol. The minimum atomic E-state index is -0.397. The Morgan fingerprint density at radius 3 is 2.05 bits per heavy atom. The summed E-state index contributed by atoms with van der Waals surface area (Å²) in [6, 6.07) is 6.29. The molecule has 19 heavy (non-hydrogen) atoms.